The second-order valence-electron chi connectivity index (χ2n) is 8.93. The van der Waals surface area contributed by atoms with Gasteiger partial charge in [-0.15, -0.1) is 0 Å². The van der Waals surface area contributed by atoms with Crippen molar-refractivity contribution >= 4 is 23.9 Å². The van der Waals surface area contributed by atoms with Crippen LogP contribution in [0.4, 0.5) is 0 Å². The average molecular weight is 523 g/mol. The zero-order chi connectivity index (χ0) is 27.6. The monoisotopic (exact) mass is 522 g/mol. The molecule has 0 radical (unpaired) electrons. The predicted molar refractivity (Wildman–Crippen MR) is 134 cm³/mol. The molecular weight excluding hydrogens is 496 g/mol. The van der Waals surface area contributed by atoms with Crippen molar-refractivity contribution in [2.75, 3.05) is 13.7 Å². The molecule has 11 nitrogen and oxygen atoms in total. The molecule has 1 aliphatic rings. The highest BCUT2D eigenvalue weighted by molar-refractivity contribution is 6.03. The van der Waals surface area contributed by atoms with Crippen LogP contribution >= 0.6 is 0 Å². The highest BCUT2D eigenvalue weighted by Gasteiger charge is 2.33. The number of aromatic nitrogens is 1. The average Bonchev–Trinajstić information content (AvgIpc) is 3.52. The van der Waals surface area contributed by atoms with E-state index in [1.807, 2.05) is 0 Å². The zero-order valence-electron chi connectivity index (χ0n) is 21.0. The number of amides is 1. The van der Waals surface area contributed by atoms with E-state index in [1.54, 1.807) is 0 Å². The number of nitrogens with one attached hydrogen (secondary N) is 1. The van der Waals surface area contributed by atoms with E-state index in [-0.39, 0.29) is 39.6 Å². The lowest BCUT2D eigenvalue weighted by atomic mass is 9.95. The van der Waals surface area contributed by atoms with Crippen LogP contribution in [0.3, 0.4) is 0 Å². The minimum Gasteiger partial charge on any atom is -0.496 e. The summed E-state index contributed by atoms with van der Waals surface area (Å²) in [6.07, 6.45) is 2.46. The van der Waals surface area contributed by atoms with Gasteiger partial charge in [-0.25, -0.2) is 19.4 Å². The van der Waals surface area contributed by atoms with Crippen molar-refractivity contribution in [3.8, 4) is 16.9 Å². The second-order valence-corrected chi connectivity index (χ2v) is 8.93. The molecule has 1 aromatic carbocycles. The van der Waals surface area contributed by atoms with Crippen molar-refractivity contribution in [2.24, 2.45) is 11.8 Å². The van der Waals surface area contributed by atoms with Crippen molar-refractivity contribution in [3.63, 3.8) is 0 Å². The Hall–Kier alpha value is -4.67. The Morgan fingerprint density at radius 1 is 1.24 bits per heavy atom. The predicted octanol–water partition coefficient (Wildman–Crippen LogP) is 3.70. The number of pyridine rings is 1. The number of benzene rings is 1. The number of aromatic carboxylic acids is 1. The van der Waals surface area contributed by atoms with Crippen molar-refractivity contribution in [1.82, 2.24) is 10.3 Å². The van der Waals surface area contributed by atoms with Crippen LogP contribution in [-0.4, -0.2) is 41.6 Å². The summed E-state index contributed by atoms with van der Waals surface area (Å²) in [6.45, 7) is 7.27. The van der Waals surface area contributed by atoms with E-state index in [0.29, 0.717) is 29.7 Å². The molecule has 1 fully saturated rings. The molecule has 0 saturated heterocycles. The lowest BCUT2D eigenvalue weighted by molar-refractivity contribution is 0.0436. The van der Waals surface area contributed by atoms with Gasteiger partial charge in [-0.2, -0.15) is 0 Å². The van der Waals surface area contributed by atoms with Gasteiger partial charge < -0.3 is 28.7 Å². The van der Waals surface area contributed by atoms with Crippen LogP contribution in [-0.2, 0) is 11.3 Å². The highest BCUT2D eigenvalue weighted by atomic mass is 16.6. The Labute approximate surface area is 217 Å². The molecule has 11 heteroatoms. The summed E-state index contributed by atoms with van der Waals surface area (Å²) in [5.41, 5.74) is 0.140. The molecule has 2 N–H and O–H groups in total. The number of hydrogen-bond acceptors (Lipinski definition) is 9. The first-order valence-electron chi connectivity index (χ1n) is 11.8. The lowest BCUT2D eigenvalue weighted by Gasteiger charge is -2.15. The van der Waals surface area contributed by atoms with Gasteiger partial charge in [0, 0.05) is 23.2 Å². The number of carboxylic acids is 1. The van der Waals surface area contributed by atoms with E-state index in [2.05, 4.69) is 23.8 Å². The number of carboxylic acid groups (broad SMARTS) is 1. The van der Waals surface area contributed by atoms with Crippen LogP contribution in [0.25, 0.3) is 17.2 Å². The molecule has 38 heavy (non-hydrogen) atoms. The van der Waals surface area contributed by atoms with Crippen molar-refractivity contribution < 1.29 is 37.8 Å². The van der Waals surface area contributed by atoms with Crippen LogP contribution in [0.1, 0.15) is 61.8 Å². The molecule has 198 valence electrons. The Bertz CT molecular complexity index is 1480. The van der Waals surface area contributed by atoms with Gasteiger partial charge in [0.15, 0.2) is 23.8 Å². The van der Waals surface area contributed by atoms with Gasteiger partial charge in [-0.05, 0) is 49.4 Å². The van der Waals surface area contributed by atoms with E-state index in [9.17, 15) is 24.3 Å². The molecule has 2 unspecified atom stereocenters. The maximum Gasteiger partial charge on any atom is 0.519 e. The summed E-state index contributed by atoms with van der Waals surface area (Å²) >= 11 is 0. The summed E-state index contributed by atoms with van der Waals surface area (Å²) in [5, 5.41) is 12.7. The van der Waals surface area contributed by atoms with Crippen molar-refractivity contribution in [2.45, 2.75) is 26.9 Å². The first kappa shape index (κ1) is 26.4. The van der Waals surface area contributed by atoms with Gasteiger partial charge in [0.25, 0.3) is 5.91 Å². The van der Waals surface area contributed by atoms with E-state index >= 15 is 0 Å². The minimum atomic E-state index is -1.26. The van der Waals surface area contributed by atoms with E-state index in [4.69, 9.17) is 18.3 Å². The fraction of sp³-hybridized carbons (Fsp3) is 0.296. The number of rotatable bonds is 10. The van der Waals surface area contributed by atoms with Crippen LogP contribution in [0, 0.1) is 18.8 Å². The van der Waals surface area contributed by atoms with Gasteiger partial charge in [0.2, 0.25) is 0 Å². The summed E-state index contributed by atoms with van der Waals surface area (Å²) in [4.78, 5) is 53.7. The number of nitrogens with zero attached hydrogens (tertiary/aromatic N) is 1. The Morgan fingerprint density at radius 3 is 2.55 bits per heavy atom. The second kappa shape index (κ2) is 10.8. The maximum atomic E-state index is 13.2. The standard InChI is InChI=1S/C27H26N2O9/c1-5-15-9-19(25(31)32)18(10-21(15)35-4)17-6-7-20(24(30)28-11-16-8-13(16)2)29-23(17)26(33)36-12-22-14(3)37-27(34)38-22/h5-7,9-10,13,16H,1,8,11-12H2,2-4H3,(H,28,30)(H,31,32). The van der Waals surface area contributed by atoms with Crippen LogP contribution in [0.5, 0.6) is 5.75 Å². The molecule has 1 aliphatic carbocycles. The van der Waals surface area contributed by atoms with Gasteiger partial charge in [0.1, 0.15) is 11.4 Å². The van der Waals surface area contributed by atoms with Gasteiger partial charge in [-0.1, -0.05) is 19.6 Å². The Morgan fingerprint density at radius 2 is 1.97 bits per heavy atom. The maximum absolute atomic E-state index is 13.2. The normalized spacial score (nSPS) is 16.0. The minimum absolute atomic E-state index is 0.000538. The van der Waals surface area contributed by atoms with Crippen LogP contribution in [0.15, 0.2) is 44.5 Å². The first-order valence-corrected chi connectivity index (χ1v) is 11.8. The lowest BCUT2D eigenvalue weighted by Crippen LogP contribution is -2.27. The summed E-state index contributed by atoms with van der Waals surface area (Å²) in [5.74, 6) is -2.29. The van der Waals surface area contributed by atoms with Gasteiger partial charge >= 0.3 is 17.8 Å². The molecule has 2 aromatic heterocycles. The fourth-order valence-electron chi connectivity index (χ4n) is 3.99. The molecule has 2 heterocycles. The van der Waals surface area contributed by atoms with Crippen LogP contribution in [0.2, 0.25) is 0 Å². The summed E-state index contributed by atoms with van der Waals surface area (Å²) in [6, 6.07) is 5.63. The highest BCUT2D eigenvalue weighted by Crippen LogP contribution is 2.37. The number of hydrogen-bond donors (Lipinski definition) is 2. The molecule has 2 atom stereocenters. The van der Waals surface area contributed by atoms with Crippen LogP contribution < -0.4 is 15.9 Å². The number of carbonyl (C=O) groups excluding carboxylic acids is 2. The summed E-state index contributed by atoms with van der Waals surface area (Å²) < 4.78 is 20.3. The number of ether oxygens (including phenoxy) is 2. The largest absolute Gasteiger partial charge is 0.519 e. The Balaban J connectivity index is 1.76. The Kier molecular flexibility index (Phi) is 7.47. The molecule has 3 aromatic rings. The number of esters is 1. The number of methoxy groups -OCH3 is 1. The topological polar surface area (TPSA) is 158 Å². The van der Waals surface area contributed by atoms with Gasteiger partial charge in [0.05, 0.1) is 12.7 Å². The summed E-state index contributed by atoms with van der Waals surface area (Å²) in [7, 11) is 1.41. The third-order valence-corrected chi connectivity index (χ3v) is 6.40. The fourth-order valence-corrected chi connectivity index (χ4v) is 3.99. The SMILES string of the molecule is C=Cc1cc(C(=O)O)c(-c2ccc(C(=O)NCC3CC3C)nc2C(=O)OCc2oc(=O)oc2C)cc1OC. The molecule has 0 spiro atoms. The van der Waals surface area contributed by atoms with E-state index in [0.717, 1.165) is 6.42 Å². The third kappa shape index (κ3) is 5.51. The molecular formula is C27H26N2O9. The number of carbonyl (C=O) groups is 3. The van der Waals surface area contributed by atoms with E-state index in [1.165, 1.54) is 44.4 Å². The molecule has 0 aliphatic heterocycles. The smallest absolute Gasteiger partial charge is 0.496 e. The number of aryl methyl sites for hydroxylation is 1. The van der Waals surface area contributed by atoms with Gasteiger partial charge in [-0.3, -0.25) is 4.79 Å². The molecule has 1 saturated carbocycles. The van der Waals surface area contributed by atoms with E-state index < -0.39 is 30.3 Å². The first-order chi connectivity index (χ1) is 18.1. The quantitative estimate of drug-likeness (QED) is 0.376. The van der Waals surface area contributed by atoms with Crippen molar-refractivity contribution in [1.29, 1.82) is 0 Å². The molecule has 0 bridgehead atoms. The molecule has 1 amide bonds. The molecule has 4 rings (SSSR count). The zero-order valence-corrected chi connectivity index (χ0v) is 21.0. The van der Waals surface area contributed by atoms with Crippen molar-refractivity contribution in [3.05, 3.63) is 75.5 Å². The third-order valence-electron chi connectivity index (χ3n) is 6.40.